The molecule has 1 aliphatic carbocycles. The second-order valence-corrected chi connectivity index (χ2v) is 5.30. The molecular weight excluding hydrogens is 277 g/mol. The summed E-state index contributed by atoms with van der Waals surface area (Å²) < 4.78 is 18.9. The van der Waals surface area contributed by atoms with Gasteiger partial charge in [0.25, 0.3) is 5.91 Å². The number of halogens is 1. The molecule has 21 heavy (non-hydrogen) atoms. The van der Waals surface area contributed by atoms with E-state index < -0.39 is 23.7 Å². The fourth-order valence-corrected chi connectivity index (χ4v) is 2.44. The summed E-state index contributed by atoms with van der Waals surface area (Å²) in [6.45, 7) is 1.65. The Morgan fingerprint density at radius 1 is 1.43 bits per heavy atom. The summed E-state index contributed by atoms with van der Waals surface area (Å²) >= 11 is 0. The molecule has 110 valence electrons. The van der Waals surface area contributed by atoms with Crippen LogP contribution in [-0.2, 0) is 4.79 Å². The van der Waals surface area contributed by atoms with Crippen LogP contribution < -0.4 is 5.32 Å². The highest BCUT2D eigenvalue weighted by Crippen LogP contribution is 2.33. The molecule has 2 N–H and O–H groups in total. The minimum Gasteiger partial charge on any atom is -0.480 e. The van der Waals surface area contributed by atoms with Crippen molar-refractivity contribution in [2.75, 3.05) is 0 Å². The zero-order chi connectivity index (χ0) is 15.1. The van der Waals surface area contributed by atoms with Gasteiger partial charge in [-0.1, -0.05) is 12.1 Å². The van der Waals surface area contributed by atoms with E-state index in [9.17, 15) is 14.0 Å². The van der Waals surface area contributed by atoms with Crippen LogP contribution >= 0.6 is 0 Å². The van der Waals surface area contributed by atoms with Crippen LogP contribution in [0.25, 0.3) is 11.0 Å². The van der Waals surface area contributed by atoms with Gasteiger partial charge in [0.15, 0.2) is 17.2 Å². The van der Waals surface area contributed by atoms with Gasteiger partial charge in [-0.3, -0.25) is 4.79 Å². The number of benzene rings is 1. The van der Waals surface area contributed by atoms with Gasteiger partial charge in [0.05, 0.1) is 0 Å². The van der Waals surface area contributed by atoms with Gasteiger partial charge in [0.2, 0.25) is 0 Å². The van der Waals surface area contributed by atoms with Gasteiger partial charge in [0, 0.05) is 10.9 Å². The number of aryl methyl sites for hydroxylation is 1. The number of hydrogen-bond donors (Lipinski definition) is 2. The molecule has 0 radical (unpaired) electrons. The van der Waals surface area contributed by atoms with Crippen LogP contribution in [0.5, 0.6) is 0 Å². The van der Waals surface area contributed by atoms with Crippen LogP contribution in [0.1, 0.15) is 29.0 Å². The lowest BCUT2D eigenvalue weighted by molar-refractivity contribution is -0.139. The van der Waals surface area contributed by atoms with Gasteiger partial charge in [0.1, 0.15) is 6.04 Å². The summed E-state index contributed by atoms with van der Waals surface area (Å²) in [5.74, 6) is -2.31. The topological polar surface area (TPSA) is 79.5 Å². The largest absolute Gasteiger partial charge is 0.480 e. The summed E-state index contributed by atoms with van der Waals surface area (Å²) in [6.07, 6.45) is 1.57. The predicted octanol–water partition coefficient (Wildman–Crippen LogP) is 2.47. The molecule has 6 heteroatoms. The molecule has 3 rings (SSSR count). The van der Waals surface area contributed by atoms with Gasteiger partial charge in [-0.15, -0.1) is 0 Å². The van der Waals surface area contributed by atoms with E-state index in [1.54, 1.807) is 13.0 Å². The van der Waals surface area contributed by atoms with Crippen LogP contribution in [0.2, 0.25) is 0 Å². The second kappa shape index (κ2) is 4.87. The van der Waals surface area contributed by atoms with Gasteiger partial charge >= 0.3 is 5.97 Å². The van der Waals surface area contributed by atoms with Crippen LogP contribution in [0.4, 0.5) is 4.39 Å². The highest BCUT2D eigenvalue weighted by Gasteiger charge is 2.38. The van der Waals surface area contributed by atoms with E-state index in [0.717, 1.165) is 12.8 Å². The van der Waals surface area contributed by atoms with E-state index in [-0.39, 0.29) is 17.3 Å². The van der Waals surface area contributed by atoms with E-state index in [2.05, 4.69) is 5.32 Å². The lowest BCUT2D eigenvalue weighted by atomic mass is 10.1. The minimum absolute atomic E-state index is 0.0125. The van der Waals surface area contributed by atoms with Gasteiger partial charge in [-0.2, -0.15) is 0 Å². The molecule has 1 unspecified atom stereocenters. The number of fused-ring (bicyclic) bond motifs is 1. The van der Waals surface area contributed by atoms with E-state index in [1.165, 1.54) is 12.1 Å². The van der Waals surface area contributed by atoms with Gasteiger partial charge in [-0.25, -0.2) is 9.18 Å². The molecule has 1 saturated carbocycles. The number of rotatable bonds is 4. The maximum atomic E-state index is 13.7. The lowest BCUT2D eigenvalue weighted by Gasteiger charge is -2.12. The van der Waals surface area contributed by atoms with Crippen molar-refractivity contribution in [2.45, 2.75) is 25.8 Å². The molecule has 0 bridgehead atoms. The number of aliphatic carboxylic acids is 1. The first-order chi connectivity index (χ1) is 9.99. The standard InChI is InChI=1S/C15H14FNO4/c1-7-9-3-2-4-10(16)13(9)21-12(7)14(18)17-11(15(19)20)8-5-6-8/h2-4,8,11H,5-6H2,1H3,(H,17,18)(H,19,20). The first-order valence-corrected chi connectivity index (χ1v) is 6.70. The van der Waals surface area contributed by atoms with Crippen molar-refractivity contribution in [1.82, 2.24) is 5.32 Å². The van der Waals surface area contributed by atoms with E-state index in [4.69, 9.17) is 9.52 Å². The first-order valence-electron chi connectivity index (χ1n) is 6.70. The van der Waals surface area contributed by atoms with Crippen molar-refractivity contribution < 1.29 is 23.5 Å². The van der Waals surface area contributed by atoms with Crippen LogP contribution in [-0.4, -0.2) is 23.0 Å². The van der Waals surface area contributed by atoms with Gasteiger partial charge < -0.3 is 14.8 Å². The zero-order valence-electron chi connectivity index (χ0n) is 11.4. The number of hydrogen-bond acceptors (Lipinski definition) is 3. The molecule has 1 aromatic heterocycles. The fraction of sp³-hybridized carbons (Fsp3) is 0.333. The van der Waals surface area contributed by atoms with Crippen LogP contribution in [0, 0.1) is 18.7 Å². The molecular formula is C15H14FNO4. The highest BCUT2D eigenvalue weighted by molar-refractivity contribution is 6.00. The van der Waals surface area contributed by atoms with Crippen molar-refractivity contribution in [1.29, 1.82) is 0 Å². The normalized spacial score (nSPS) is 15.9. The average molecular weight is 291 g/mol. The average Bonchev–Trinajstić information content (AvgIpc) is 3.21. The summed E-state index contributed by atoms with van der Waals surface area (Å²) in [7, 11) is 0. The third kappa shape index (κ3) is 2.37. The summed E-state index contributed by atoms with van der Waals surface area (Å²) in [4.78, 5) is 23.4. The number of para-hydroxylation sites is 1. The molecule has 5 nitrogen and oxygen atoms in total. The van der Waals surface area contributed by atoms with Crippen molar-refractivity contribution in [3.05, 3.63) is 35.3 Å². The Labute approximate surface area is 119 Å². The molecule has 0 aliphatic heterocycles. The number of furan rings is 1. The molecule has 0 spiro atoms. The predicted molar refractivity (Wildman–Crippen MR) is 72.5 cm³/mol. The number of carbonyl (C=O) groups excluding carboxylic acids is 1. The Kier molecular flexibility index (Phi) is 3.16. The SMILES string of the molecule is Cc1c(C(=O)NC(C(=O)O)C2CC2)oc2c(F)cccc12. The molecule has 1 atom stereocenters. The van der Waals surface area contributed by atoms with E-state index >= 15 is 0 Å². The number of amides is 1. The molecule has 1 amide bonds. The summed E-state index contributed by atoms with van der Waals surface area (Å²) in [6, 6.07) is 3.52. The quantitative estimate of drug-likeness (QED) is 0.907. The lowest BCUT2D eigenvalue weighted by Crippen LogP contribution is -2.42. The third-order valence-corrected chi connectivity index (χ3v) is 3.77. The summed E-state index contributed by atoms with van der Waals surface area (Å²) in [5, 5.41) is 12.1. The smallest absolute Gasteiger partial charge is 0.326 e. The molecule has 0 saturated heterocycles. The van der Waals surface area contributed by atoms with Gasteiger partial charge in [-0.05, 0) is 31.7 Å². The maximum absolute atomic E-state index is 13.7. The van der Waals surface area contributed by atoms with Crippen molar-refractivity contribution in [3.8, 4) is 0 Å². The second-order valence-electron chi connectivity index (χ2n) is 5.30. The number of carboxylic acid groups (broad SMARTS) is 1. The molecule has 1 fully saturated rings. The highest BCUT2D eigenvalue weighted by atomic mass is 19.1. The molecule has 1 aliphatic rings. The Balaban J connectivity index is 1.92. The van der Waals surface area contributed by atoms with E-state index in [1.807, 2.05) is 0 Å². The molecule has 1 aromatic carbocycles. The third-order valence-electron chi connectivity index (χ3n) is 3.77. The summed E-state index contributed by atoms with van der Waals surface area (Å²) in [5.41, 5.74) is 0.514. The van der Waals surface area contributed by atoms with Crippen molar-refractivity contribution >= 4 is 22.8 Å². The Bertz CT molecular complexity index is 733. The number of carboxylic acids is 1. The Morgan fingerprint density at radius 3 is 2.71 bits per heavy atom. The van der Waals surface area contributed by atoms with Crippen LogP contribution in [0.15, 0.2) is 22.6 Å². The Morgan fingerprint density at radius 2 is 2.14 bits per heavy atom. The molecule has 2 aromatic rings. The minimum atomic E-state index is -1.06. The first kappa shape index (κ1) is 13.6. The van der Waals surface area contributed by atoms with Crippen LogP contribution in [0.3, 0.4) is 0 Å². The van der Waals surface area contributed by atoms with Crippen molar-refractivity contribution in [2.24, 2.45) is 5.92 Å². The number of nitrogens with one attached hydrogen (secondary N) is 1. The maximum Gasteiger partial charge on any atom is 0.326 e. The monoisotopic (exact) mass is 291 g/mol. The zero-order valence-corrected chi connectivity index (χ0v) is 11.4. The molecule has 1 heterocycles. The number of carbonyl (C=O) groups is 2. The Hall–Kier alpha value is -2.37. The van der Waals surface area contributed by atoms with Crippen molar-refractivity contribution in [3.63, 3.8) is 0 Å². The van der Waals surface area contributed by atoms with E-state index in [0.29, 0.717) is 10.9 Å². The fourth-order valence-electron chi connectivity index (χ4n) is 2.44.